The fourth-order valence-electron chi connectivity index (χ4n) is 5.16. The highest BCUT2D eigenvalue weighted by Gasteiger charge is 2.14. The Morgan fingerprint density at radius 1 is 0.279 bits per heavy atom. The minimum atomic E-state index is 0.568. The van der Waals surface area contributed by atoms with E-state index in [4.69, 9.17) is 26.6 Å². The lowest BCUT2D eigenvalue weighted by Gasteiger charge is -2.11. The molecule has 0 saturated carbocycles. The predicted molar refractivity (Wildman–Crippen MR) is 177 cm³/mol. The summed E-state index contributed by atoms with van der Waals surface area (Å²) in [5.74, 6) is 1.78. The van der Waals surface area contributed by atoms with Crippen LogP contribution in [0.3, 0.4) is 0 Å². The van der Waals surface area contributed by atoms with Crippen LogP contribution in [-0.2, 0) is 0 Å². The first-order valence-corrected chi connectivity index (χ1v) is 14.5. The van der Waals surface area contributed by atoms with Gasteiger partial charge in [-0.1, -0.05) is 151 Å². The van der Waals surface area contributed by atoms with E-state index in [9.17, 15) is 0 Å². The molecule has 0 radical (unpaired) electrons. The van der Waals surface area contributed by atoms with Crippen LogP contribution < -0.4 is 0 Å². The minimum absolute atomic E-state index is 0.568. The zero-order valence-corrected chi connectivity index (χ0v) is 24.0. The maximum atomic E-state index is 6.64. The maximum Gasteiger partial charge on any atom is 0.164 e. The molecule has 0 saturated heterocycles. The summed E-state index contributed by atoms with van der Waals surface area (Å²) in [4.78, 5) is 14.9. The summed E-state index contributed by atoms with van der Waals surface area (Å²) in [5.41, 5.74) is 9.34. The Morgan fingerprint density at radius 3 is 1.00 bits per heavy atom. The van der Waals surface area contributed by atoms with Crippen LogP contribution in [0.2, 0.25) is 5.02 Å². The molecule has 4 heteroatoms. The molecule has 7 rings (SSSR count). The molecule has 0 aliphatic heterocycles. The summed E-state index contributed by atoms with van der Waals surface area (Å²) < 4.78 is 0. The lowest BCUT2D eigenvalue weighted by Crippen LogP contribution is -2.00. The first-order valence-electron chi connectivity index (χ1n) is 14.1. The monoisotopic (exact) mass is 571 g/mol. The van der Waals surface area contributed by atoms with Gasteiger partial charge in [0, 0.05) is 21.7 Å². The van der Waals surface area contributed by atoms with Gasteiger partial charge in [0.1, 0.15) is 0 Å². The van der Waals surface area contributed by atoms with Crippen LogP contribution in [0.5, 0.6) is 0 Å². The van der Waals surface area contributed by atoms with Gasteiger partial charge in [0.05, 0.1) is 0 Å². The molecule has 0 N–H and O–H groups in total. The molecule has 43 heavy (non-hydrogen) atoms. The highest BCUT2D eigenvalue weighted by atomic mass is 35.5. The van der Waals surface area contributed by atoms with E-state index in [2.05, 4.69) is 91.0 Å². The Morgan fingerprint density at radius 2 is 0.581 bits per heavy atom. The van der Waals surface area contributed by atoms with Crippen molar-refractivity contribution in [2.75, 3.05) is 0 Å². The van der Waals surface area contributed by atoms with Gasteiger partial charge in [-0.2, -0.15) is 0 Å². The SMILES string of the molecule is Clc1cc(-c2ccccc2)cc(-c2nc(-c3ccc(-c4ccccc4)cc3)nc(-c3ccc(-c4ccccc4)cc3)n2)c1. The van der Waals surface area contributed by atoms with Crippen LogP contribution in [0.25, 0.3) is 67.5 Å². The Bertz CT molecular complexity index is 1890. The summed E-state index contributed by atoms with van der Waals surface area (Å²) in [7, 11) is 0. The summed E-state index contributed by atoms with van der Waals surface area (Å²) in [6, 6.07) is 53.5. The van der Waals surface area contributed by atoms with E-state index in [0.29, 0.717) is 22.5 Å². The standard InChI is InChI=1S/C39H26ClN3/c40-36-25-34(29-14-8-3-9-15-29)24-35(26-36)39-42-37(32-20-16-30(17-21-32)27-10-4-1-5-11-27)41-38(43-39)33-22-18-31(19-23-33)28-12-6-2-7-13-28/h1-26H. The van der Waals surface area contributed by atoms with Crippen LogP contribution in [0.4, 0.5) is 0 Å². The van der Waals surface area contributed by atoms with Crippen LogP contribution >= 0.6 is 11.6 Å². The van der Waals surface area contributed by atoms with Crippen molar-refractivity contribution in [3.8, 4) is 67.5 Å². The zero-order valence-electron chi connectivity index (χ0n) is 23.2. The third kappa shape index (κ3) is 5.85. The van der Waals surface area contributed by atoms with Gasteiger partial charge >= 0.3 is 0 Å². The smallest absolute Gasteiger partial charge is 0.164 e. The van der Waals surface area contributed by atoms with Crippen molar-refractivity contribution in [2.24, 2.45) is 0 Å². The summed E-state index contributed by atoms with van der Waals surface area (Å²) >= 11 is 6.64. The molecular formula is C39H26ClN3. The maximum absolute atomic E-state index is 6.64. The predicted octanol–water partition coefficient (Wildman–Crippen LogP) is 10.5. The fourth-order valence-corrected chi connectivity index (χ4v) is 5.40. The second-order valence-corrected chi connectivity index (χ2v) is 10.7. The Labute approximate surface area is 256 Å². The first kappa shape index (κ1) is 26.5. The average Bonchev–Trinajstić information content (AvgIpc) is 3.09. The van der Waals surface area contributed by atoms with Crippen LogP contribution in [0, 0.1) is 0 Å². The van der Waals surface area contributed by atoms with E-state index in [0.717, 1.165) is 50.1 Å². The van der Waals surface area contributed by atoms with Gasteiger partial charge < -0.3 is 0 Å². The number of benzene rings is 6. The number of rotatable bonds is 6. The molecule has 0 fully saturated rings. The van der Waals surface area contributed by atoms with Crippen molar-refractivity contribution >= 4 is 11.6 Å². The molecule has 0 unspecified atom stereocenters. The Kier molecular flexibility index (Phi) is 7.31. The molecule has 0 amide bonds. The van der Waals surface area contributed by atoms with Crippen molar-refractivity contribution in [3.05, 3.63) is 163 Å². The second kappa shape index (κ2) is 11.8. The van der Waals surface area contributed by atoms with Crippen molar-refractivity contribution < 1.29 is 0 Å². The molecule has 6 aromatic carbocycles. The van der Waals surface area contributed by atoms with E-state index in [1.807, 2.05) is 66.7 Å². The normalized spacial score (nSPS) is 10.9. The molecule has 0 aliphatic rings. The van der Waals surface area contributed by atoms with Gasteiger partial charge in [0.15, 0.2) is 17.5 Å². The Hall–Kier alpha value is -5.38. The zero-order chi connectivity index (χ0) is 29.0. The molecule has 1 heterocycles. The van der Waals surface area contributed by atoms with Crippen molar-refractivity contribution in [1.82, 2.24) is 15.0 Å². The topological polar surface area (TPSA) is 38.7 Å². The van der Waals surface area contributed by atoms with Crippen molar-refractivity contribution in [1.29, 1.82) is 0 Å². The third-order valence-electron chi connectivity index (χ3n) is 7.40. The van der Waals surface area contributed by atoms with E-state index >= 15 is 0 Å². The van der Waals surface area contributed by atoms with Gasteiger partial charge in [0.2, 0.25) is 0 Å². The molecule has 0 atom stereocenters. The highest BCUT2D eigenvalue weighted by Crippen LogP contribution is 2.32. The summed E-state index contributed by atoms with van der Waals surface area (Å²) in [5, 5.41) is 0.624. The number of hydrogen-bond donors (Lipinski definition) is 0. The van der Waals surface area contributed by atoms with Crippen LogP contribution in [0.15, 0.2) is 158 Å². The third-order valence-corrected chi connectivity index (χ3v) is 7.62. The van der Waals surface area contributed by atoms with Crippen molar-refractivity contribution in [2.45, 2.75) is 0 Å². The van der Waals surface area contributed by atoms with Crippen LogP contribution in [0.1, 0.15) is 0 Å². The van der Waals surface area contributed by atoms with Gasteiger partial charge in [-0.15, -0.1) is 0 Å². The van der Waals surface area contributed by atoms with E-state index in [-0.39, 0.29) is 0 Å². The quantitative estimate of drug-likeness (QED) is 0.199. The van der Waals surface area contributed by atoms with Gasteiger partial charge in [0.25, 0.3) is 0 Å². The lowest BCUT2D eigenvalue weighted by molar-refractivity contribution is 1.07. The molecule has 0 aliphatic carbocycles. The number of hydrogen-bond acceptors (Lipinski definition) is 3. The van der Waals surface area contributed by atoms with E-state index in [1.165, 1.54) is 0 Å². The lowest BCUT2D eigenvalue weighted by atomic mass is 10.0. The fraction of sp³-hybridized carbons (Fsp3) is 0. The van der Waals surface area contributed by atoms with Crippen molar-refractivity contribution in [3.63, 3.8) is 0 Å². The molecule has 0 bridgehead atoms. The molecule has 0 spiro atoms. The van der Waals surface area contributed by atoms with E-state index in [1.54, 1.807) is 0 Å². The molecule has 1 aromatic heterocycles. The van der Waals surface area contributed by atoms with Gasteiger partial charge in [-0.05, 0) is 51.6 Å². The molecule has 7 aromatic rings. The van der Waals surface area contributed by atoms with E-state index < -0.39 is 0 Å². The summed E-state index contributed by atoms with van der Waals surface area (Å²) in [6.45, 7) is 0. The minimum Gasteiger partial charge on any atom is -0.208 e. The number of nitrogens with zero attached hydrogens (tertiary/aromatic N) is 3. The van der Waals surface area contributed by atoms with Crippen LogP contribution in [-0.4, -0.2) is 15.0 Å². The highest BCUT2D eigenvalue weighted by molar-refractivity contribution is 6.31. The first-order chi connectivity index (χ1) is 21.2. The molecule has 3 nitrogen and oxygen atoms in total. The molecular weight excluding hydrogens is 546 g/mol. The second-order valence-electron chi connectivity index (χ2n) is 10.3. The van der Waals surface area contributed by atoms with Gasteiger partial charge in [-0.3, -0.25) is 0 Å². The van der Waals surface area contributed by atoms with Gasteiger partial charge in [-0.25, -0.2) is 15.0 Å². The summed E-state index contributed by atoms with van der Waals surface area (Å²) in [6.07, 6.45) is 0. The Balaban J connectivity index is 1.34. The average molecular weight is 572 g/mol. The largest absolute Gasteiger partial charge is 0.208 e. The molecule has 204 valence electrons. The number of halogens is 1. The number of aromatic nitrogens is 3.